The van der Waals surface area contributed by atoms with Crippen LogP contribution < -0.4 is 0 Å². The highest BCUT2D eigenvalue weighted by molar-refractivity contribution is 6.12. The highest BCUT2D eigenvalue weighted by Gasteiger charge is 2.25. The first kappa shape index (κ1) is 59.2. The molecule has 0 radical (unpaired) electrons. The molecular weight excluding hydrogens is 1230 g/mol. The van der Waals surface area contributed by atoms with Gasteiger partial charge in [-0.15, -0.1) is 0 Å². The van der Waals surface area contributed by atoms with Crippen LogP contribution in [-0.4, -0.2) is 39.0 Å². The predicted molar refractivity (Wildman–Crippen MR) is 397 cm³/mol. The van der Waals surface area contributed by atoms with Gasteiger partial charge in [-0.1, -0.05) is 218 Å². The van der Waals surface area contributed by atoms with E-state index in [-0.39, 0.29) is 0 Å². The van der Waals surface area contributed by atoms with Crippen LogP contribution in [0.2, 0.25) is 0 Å². The molecule has 4 aromatic heterocycles. The summed E-state index contributed by atoms with van der Waals surface area (Å²) in [6.45, 7) is 7.64. The first-order valence-electron chi connectivity index (χ1n) is 32.4. The Bertz CT molecular complexity index is 5830. The van der Waals surface area contributed by atoms with Crippen molar-refractivity contribution in [2.24, 2.45) is 0 Å². The highest BCUT2D eigenvalue weighted by atomic mass is 15.1. The molecule has 0 spiro atoms. The van der Waals surface area contributed by atoms with Crippen molar-refractivity contribution in [3.05, 3.63) is 331 Å². The molecule has 0 fully saturated rings. The first-order valence-corrected chi connectivity index (χ1v) is 32.4. The maximum Gasteiger partial charge on any atom is 0.188 e. The average molecular weight is 1280 g/mol. The fourth-order valence-electron chi connectivity index (χ4n) is 13.6. The van der Waals surface area contributed by atoms with Crippen molar-refractivity contribution in [3.63, 3.8) is 0 Å². The van der Waals surface area contributed by atoms with Crippen molar-refractivity contribution < 1.29 is 0 Å². The largest absolute Gasteiger partial charge is 0.309 e. The minimum Gasteiger partial charge on any atom is -0.309 e. The van der Waals surface area contributed by atoms with Crippen molar-refractivity contribution in [2.45, 2.75) is 0 Å². The van der Waals surface area contributed by atoms with Crippen molar-refractivity contribution in [1.29, 1.82) is 15.8 Å². The summed E-state index contributed by atoms with van der Waals surface area (Å²) >= 11 is 0. The van der Waals surface area contributed by atoms with E-state index in [9.17, 15) is 15.8 Å². The molecule has 0 amide bonds. The Morgan fingerprint density at radius 3 is 1.04 bits per heavy atom. The van der Waals surface area contributed by atoms with Gasteiger partial charge in [0.25, 0.3) is 0 Å². The third kappa shape index (κ3) is 10.6. The van der Waals surface area contributed by atoms with Gasteiger partial charge in [0.2, 0.25) is 0 Å². The van der Waals surface area contributed by atoms with Crippen LogP contribution in [0.25, 0.3) is 173 Å². The normalized spacial score (nSPS) is 11.2. The number of nitriles is 3. The molecule has 0 saturated carbocycles. The summed E-state index contributed by atoms with van der Waals surface area (Å²) in [4.78, 5) is 35.4. The zero-order chi connectivity index (χ0) is 67.2. The van der Waals surface area contributed by atoms with Crippen molar-refractivity contribution >= 4 is 49.3 Å². The first-order chi connectivity index (χ1) is 49.4. The van der Waals surface area contributed by atoms with E-state index < -0.39 is 0 Å². The molecule has 100 heavy (non-hydrogen) atoms. The Balaban J connectivity index is 0.869. The number of fused-ring (bicyclic) bond motifs is 6. The van der Waals surface area contributed by atoms with Gasteiger partial charge in [-0.2, -0.15) is 15.8 Å². The lowest BCUT2D eigenvalue weighted by molar-refractivity contribution is 1.06. The number of hydrogen-bond donors (Lipinski definition) is 0. The van der Waals surface area contributed by atoms with E-state index in [1.807, 2.05) is 170 Å². The molecule has 0 unspecified atom stereocenters. The quantitative estimate of drug-likeness (QED) is 0.108. The van der Waals surface area contributed by atoms with Crippen LogP contribution in [0.15, 0.2) is 303 Å². The van der Waals surface area contributed by atoms with Gasteiger partial charge >= 0.3 is 0 Å². The standard InChI is InChI=1S/C88H50N12/c1-92-68-38-40-70(67(47-68)54-91)65-37-44-80-74(51-65)72-30-15-17-32-78(72)100(80)82-42-35-63(49-76(82)88-97-85(58-23-10-4-11-24-58)94-86(98-88)59-25-12-5-13-26-59)61-28-18-27-60(46-61)62-34-41-81(75(48-62)87-95-83(56-19-6-2-7-20-56)93-84(96-87)57-21-8-3-9-22-57)99-77-31-16-14-29-71(77)73-50-64(36-43-79(73)99)69-39-33-55(52-89)45-66(69)53-90/h2-51H. The van der Waals surface area contributed by atoms with E-state index in [0.29, 0.717) is 57.3 Å². The maximum absolute atomic E-state index is 10.3. The zero-order valence-corrected chi connectivity index (χ0v) is 53.2. The Labute approximate surface area is 574 Å². The molecule has 0 atom stereocenters. The van der Waals surface area contributed by atoms with Gasteiger partial charge in [0.05, 0.1) is 69.3 Å². The Hall–Kier alpha value is -14.6. The molecule has 0 bridgehead atoms. The summed E-state index contributed by atoms with van der Waals surface area (Å²) in [5.41, 5.74) is 19.0. The Morgan fingerprint density at radius 1 is 0.260 bits per heavy atom. The van der Waals surface area contributed by atoms with E-state index in [1.165, 1.54) is 0 Å². The summed E-state index contributed by atoms with van der Waals surface area (Å²) in [7, 11) is 0. The molecule has 13 aromatic carbocycles. The number of hydrogen-bond acceptors (Lipinski definition) is 9. The van der Waals surface area contributed by atoms with Crippen LogP contribution in [0.5, 0.6) is 0 Å². The van der Waals surface area contributed by atoms with E-state index in [1.54, 1.807) is 24.3 Å². The minimum atomic E-state index is 0.410. The number of rotatable bonds is 12. The Kier molecular flexibility index (Phi) is 14.8. The molecule has 0 saturated heterocycles. The smallest absolute Gasteiger partial charge is 0.188 e. The van der Waals surface area contributed by atoms with E-state index >= 15 is 0 Å². The van der Waals surface area contributed by atoms with Crippen LogP contribution >= 0.6 is 0 Å². The summed E-state index contributed by atoms with van der Waals surface area (Å²) in [6.07, 6.45) is 0. The van der Waals surface area contributed by atoms with Gasteiger partial charge in [0.15, 0.2) is 40.6 Å². The number of nitrogens with zero attached hydrogens (tertiary/aromatic N) is 12. The number of aromatic nitrogens is 8. The Morgan fingerprint density at radius 2 is 0.620 bits per heavy atom. The topological polar surface area (TPSA) is 163 Å². The highest BCUT2D eigenvalue weighted by Crippen LogP contribution is 2.44. The van der Waals surface area contributed by atoms with Crippen LogP contribution in [0.4, 0.5) is 5.69 Å². The van der Waals surface area contributed by atoms with Crippen molar-refractivity contribution in [3.8, 4) is 142 Å². The molecule has 12 nitrogen and oxygen atoms in total. The van der Waals surface area contributed by atoms with Gasteiger partial charge in [-0.3, -0.25) is 0 Å². The molecule has 0 aliphatic rings. The lowest BCUT2D eigenvalue weighted by Gasteiger charge is -2.17. The van der Waals surface area contributed by atoms with E-state index in [2.05, 4.69) is 141 Å². The third-order valence-electron chi connectivity index (χ3n) is 18.4. The molecule has 0 N–H and O–H groups in total. The van der Waals surface area contributed by atoms with Crippen molar-refractivity contribution in [2.75, 3.05) is 0 Å². The molecular formula is C88H50N12. The van der Waals surface area contributed by atoms with Gasteiger partial charge in [-0.05, 0) is 129 Å². The van der Waals surface area contributed by atoms with E-state index in [4.69, 9.17) is 36.5 Å². The molecule has 0 aliphatic carbocycles. The predicted octanol–water partition coefficient (Wildman–Crippen LogP) is 21.1. The third-order valence-corrected chi connectivity index (χ3v) is 18.4. The van der Waals surface area contributed by atoms with Gasteiger partial charge < -0.3 is 9.13 Å². The fraction of sp³-hybridized carbons (Fsp3) is 0. The zero-order valence-electron chi connectivity index (χ0n) is 53.2. The van der Waals surface area contributed by atoms with Crippen LogP contribution in [-0.2, 0) is 0 Å². The SMILES string of the molecule is [C-]#[N+]c1ccc(-c2ccc3c(c2)c2ccccc2n3-c2ccc(-c3cccc(-c4ccc(-n5c6ccccc6c6cc(-c7ccc(C#N)cc7C#N)ccc65)c(-c5nc(-c6ccccc6)nc(-c6ccccc6)n5)c4)c3)cc2-c2nc(-c3ccccc3)nc(-c3ccccc3)n2)c(C#N)c1. The second-order valence-corrected chi connectivity index (χ2v) is 24.2. The lowest BCUT2D eigenvalue weighted by atomic mass is 9.95. The molecule has 17 aromatic rings. The minimum absolute atomic E-state index is 0.410. The summed E-state index contributed by atoms with van der Waals surface area (Å²) < 4.78 is 4.55. The van der Waals surface area contributed by atoms with E-state index in [0.717, 1.165) is 133 Å². The molecule has 4 heterocycles. The second kappa shape index (κ2) is 25.0. The van der Waals surface area contributed by atoms with Gasteiger partial charge in [0, 0.05) is 60.5 Å². The molecule has 17 rings (SSSR count). The van der Waals surface area contributed by atoms with Gasteiger partial charge in [-0.25, -0.2) is 34.7 Å². The fourth-order valence-corrected chi connectivity index (χ4v) is 13.6. The number of benzene rings is 13. The monoisotopic (exact) mass is 1270 g/mol. The van der Waals surface area contributed by atoms with Crippen LogP contribution in [0.3, 0.4) is 0 Å². The average Bonchev–Trinajstić information content (AvgIpc) is 1.57. The maximum atomic E-state index is 10.3. The molecule has 12 heteroatoms. The molecule has 462 valence electrons. The molecule has 0 aliphatic heterocycles. The summed E-state index contributed by atoms with van der Waals surface area (Å²) in [5.74, 6) is 3.06. The van der Waals surface area contributed by atoms with Gasteiger partial charge in [0.1, 0.15) is 0 Å². The number of para-hydroxylation sites is 2. The summed E-state index contributed by atoms with van der Waals surface area (Å²) in [5, 5.41) is 34.4. The second-order valence-electron chi connectivity index (χ2n) is 24.2. The summed E-state index contributed by atoms with van der Waals surface area (Å²) in [6, 6.07) is 108. The van der Waals surface area contributed by atoms with Crippen LogP contribution in [0.1, 0.15) is 16.7 Å². The van der Waals surface area contributed by atoms with Crippen molar-refractivity contribution in [1.82, 2.24) is 39.0 Å². The lowest BCUT2D eigenvalue weighted by Crippen LogP contribution is -2.04. The van der Waals surface area contributed by atoms with Crippen LogP contribution in [0, 0.1) is 40.6 Å².